The summed E-state index contributed by atoms with van der Waals surface area (Å²) in [6, 6.07) is 5.64. The smallest absolute Gasteiger partial charge is 0.311 e. The van der Waals surface area contributed by atoms with Gasteiger partial charge in [0.15, 0.2) is 11.5 Å². The average Bonchev–Trinajstić information content (AvgIpc) is 2.82. The van der Waals surface area contributed by atoms with E-state index in [9.17, 15) is 9.90 Å². The number of methoxy groups -OCH3 is 2. The minimum atomic E-state index is -0.740. The van der Waals surface area contributed by atoms with Gasteiger partial charge in [-0.1, -0.05) is 0 Å². The molecule has 1 saturated heterocycles. The maximum absolute atomic E-state index is 11.3. The Hall–Kier alpha value is -1.91. The van der Waals surface area contributed by atoms with Crippen LogP contribution in [0.15, 0.2) is 18.2 Å². The Morgan fingerprint density at radius 1 is 1.32 bits per heavy atom. The maximum atomic E-state index is 11.3. The van der Waals surface area contributed by atoms with Crippen LogP contribution in [-0.4, -0.2) is 38.4 Å². The molecule has 0 amide bonds. The van der Waals surface area contributed by atoms with Gasteiger partial charge in [-0.05, 0) is 25.5 Å². The lowest BCUT2D eigenvalue weighted by Crippen LogP contribution is -2.31. The highest BCUT2D eigenvalue weighted by atomic mass is 16.5. The molecule has 1 N–H and O–H groups in total. The number of aliphatic carboxylic acids is 1. The molecular formula is C14H19NO4. The normalized spacial score (nSPS) is 22.4. The fraction of sp³-hybridized carbons (Fsp3) is 0.500. The first-order valence-electron chi connectivity index (χ1n) is 6.20. The molecule has 2 rings (SSSR count). The summed E-state index contributed by atoms with van der Waals surface area (Å²) in [5.74, 6) is 0.589. The monoisotopic (exact) mass is 265 g/mol. The highest BCUT2D eigenvalue weighted by Gasteiger charge is 2.40. The highest BCUT2D eigenvalue weighted by molar-refractivity contribution is 5.76. The van der Waals surface area contributed by atoms with Crippen LogP contribution >= 0.6 is 0 Å². The van der Waals surface area contributed by atoms with E-state index in [0.29, 0.717) is 24.5 Å². The van der Waals surface area contributed by atoms with Crippen molar-refractivity contribution >= 4 is 11.7 Å². The van der Waals surface area contributed by atoms with Crippen LogP contribution in [0.25, 0.3) is 0 Å². The van der Waals surface area contributed by atoms with Crippen molar-refractivity contribution in [1.82, 2.24) is 0 Å². The lowest BCUT2D eigenvalue weighted by molar-refractivity contribution is -0.146. The molecule has 1 atom stereocenters. The van der Waals surface area contributed by atoms with E-state index in [-0.39, 0.29) is 0 Å². The Bertz CT molecular complexity index is 488. The number of anilines is 1. The average molecular weight is 265 g/mol. The van der Waals surface area contributed by atoms with Gasteiger partial charge in [0.25, 0.3) is 0 Å². The van der Waals surface area contributed by atoms with Gasteiger partial charge in [0.2, 0.25) is 0 Å². The van der Waals surface area contributed by atoms with Gasteiger partial charge in [-0.15, -0.1) is 0 Å². The van der Waals surface area contributed by atoms with Crippen LogP contribution in [-0.2, 0) is 4.79 Å². The Balaban J connectivity index is 2.22. The summed E-state index contributed by atoms with van der Waals surface area (Å²) in [5.41, 5.74) is 0.287. The summed E-state index contributed by atoms with van der Waals surface area (Å²) in [4.78, 5) is 13.3. The van der Waals surface area contributed by atoms with Crippen LogP contribution in [0, 0.1) is 5.41 Å². The van der Waals surface area contributed by atoms with Gasteiger partial charge < -0.3 is 19.5 Å². The molecule has 1 aliphatic rings. The van der Waals surface area contributed by atoms with Gasteiger partial charge in [0, 0.05) is 24.8 Å². The molecule has 104 valence electrons. The van der Waals surface area contributed by atoms with E-state index in [1.807, 2.05) is 18.2 Å². The number of hydrogen-bond acceptors (Lipinski definition) is 4. The fourth-order valence-electron chi connectivity index (χ4n) is 2.38. The van der Waals surface area contributed by atoms with Gasteiger partial charge in [0.05, 0.1) is 19.6 Å². The van der Waals surface area contributed by atoms with Crippen LogP contribution in [0.5, 0.6) is 11.5 Å². The van der Waals surface area contributed by atoms with E-state index in [4.69, 9.17) is 9.47 Å². The van der Waals surface area contributed by atoms with E-state index in [1.165, 1.54) is 0 Å². The summed E-state index contributed by atoms with van der Waals surface area (Å²) >= 11 is 0. The molecule has 1 aromatic rings. The minimum Gasteiger partial charge on any atom is -0.493 e. The molecule has 19 heavy (non-hydrogen) atoms. The standard InChI is InChI=1S/C14H19NO4/c1-14(13(16)17)6-7-15(9-14)10-4-5-11(18-2)12(8-10)19-3/h4-5,8H,6-7,9H2,1-3H3,(H,16,17). The molecular weight excluding hydrogens is 246 g/mol. The maximum Gasteiger partial charge on any atom is 0.311 e. The second-order valence-corrected chi connectivity index (χ2v) is 5.08. The molecule has 0 aliphatic carbocycles. The lowest BCUT2D eigenvalue weighted by atomic mass is 9.90. The van der Waals surface area contributed by atoms with E-state index in [1.54, 1.807) is 21.1 Å². The minimum absolute atomic E-state index is 0.512. The molecule has 0 aromatic heterocycles. The number of carboxylic acids is 1. The third kappa shape index (κ3) is 2.45. The molecule has 1 fully saturated rings. The molecule has 0 spiro atoms. The molecule has 0 bridgehead atoms. The highest BCUT2D eigenvalue weighted by Crippen LogP contribution is 2.37. The molecule has 0 radical (unpaired) electrons. The van der Waals surface area contributed by atoms with E-state index < -0.39 is 11.4 Å². The largest absolute Gasteiger partial charge is 0.493 e. The number of nitrogens with zero attached hydrogens (tertiary/aromatic N) is 1. The topological polar surface area (TPSA) is 59.0 Å². The number of benzene rings is 1. The summed E-state index contributed by atoms with van der Waals surface area (Å²) in [6.07, 6.45) is 0.649. The van der Waals surface area contributed by atoms with E-state index in [2.05, 4.69) is 4.90 Å². The predicted octanol–water partition coefficient (Wildman–Crippen LogP) is 2.00. The summed E-state index contributed by atoms with van der Waals surface area (Å²) < 4.78 is 10.5. The lowest BCUT2D eigenvalue weighted by Gasteiger charge is -2.22. The van der Waals surface area contributed by atoms with Crippen molar-refractivity contribution in [3.8, 4) is 11.5 Å². The Morgan fingerprint density at radius 2 is 2.00 bits per heavy atom. The zero-order valence-electron chi connectivity index (χ0n) is 11.5. The van der Waals surface area contributed by atoms with Gasteiger partial charge >= 0.3 is 5.97 Å². The molecule has 5 heteroatoms. The molecule has 1 aliphatic heterocycles. The molecule has 0 saturated carbocycles. The number of carboxylic acid groups (broad SMARTS) is 1. The van der Waals surface area contributed by atoms with Crippen molar-refractivity contribution in [1.29, 1.82) is 0 Å². The van der Waals surface area contributed by atoms with Gasteiger partial charge in [-0.2, -0.15) is 0 Å². The van der Waals surface area contributed by atoms with Crippen molar-refractivity contribution in [2.75, 3.05) is 32.2 Å². The predicted molar refractivity (Wildman–Crippen MR) is 72.1 cm³/mol. The number of ether oxygens (including phenoxy) is 2. The second-order valence-electron chi connectivity index (χ2n) is 5.08. The molecule has 5 nitrogen and oxygen atoms in total. The van der Waals surface area contributed by atoms with Gasteiger partial charge in [0.1, 0.15) is 0 Å². The van der Waals surface area contributed by atoms with E-state index >= 15 is 0 Å². The van der Waals surface area contributed by atoms with Crippen LogP contribution in [0.3, 0.4) is 0 Å². The van der Waals surface area contributed by atoms with E-state index in [0.717, 1.165) is 12.2 Å². The van der Waals surface area contributed by atoms with Crippen LogP contribution in [0.1, 0.15) is 13.3 Å². The van der Waals surface area contributed by atoms with Gasteiger partial charge in [-0.25, -0.2) is 0 Å². The summed E-state index contributed by atoms with van der Waals surface area (Å²) in [7, 11) is 3.18. The first-order valence-corrected chi connectivity index (χ1v) is 6.20. The second kappa shape index (κ2) is 4.99. The molecule has 1 heterocycles. The Kier molecular flexibility index (Phi) is 3.55. The Morgan fingerprint density at radius 3 is 2.53 bits per heavy atom. The third-order valence-corrected chi connectivity index (χ3v) is 3.72. The van der Waals surface area contributed by atoms with Crippen molar-refractivity contribution in [2.45, 2.75) is 13.3 Å². The number of carbonyl (C=O) groups is 1. The zero-order chi connectivity index (χ0) is 14.0. The van der Waals surface area contributed by atoms with Crippen LogP contribution in [0.4, 0.5) is 5.69 Å². The van der Waals surface area contributed by atoms with Crippen molar-refractivity contribution in [2.24, 2.45) is 5.41 Å². The van der Waals surface area contributed by atoms with Crippen molar-refractivity contribution in [3.63, 3.8) is 0 Å². The van der Waals surface area contributed by atoms with Gasteiger partial charge in [-0.3, -0.25) is 4.79 Å². The first-order chi connectivity index (χ1) is 9.00. The van der Waals surface area contributed by atoms with Crippen LogP contribution in [0.2, 0.25) is 0 Å². The Labute approximate surface area is 112 Å². The zero-order valence-corrected chi connectivity index (χ0v) is 11.5. The molecule has 1 aromatic carbocycles. The van der Waals surface area contributed by atoms with Crippen molar-refractivity contribution in [3.05, 3.63) is 18.2 Å². The molecule has 1 unspecified atom stereocenters. The summed E-state index contributed by atoms with van der Waals surface area (Å²) in [5, 5.41) is 9.25. The first kappa shape index (κ1) is 13.5. The van der Waals surface area contributed by atoms with Crippen molar-refractivity contribution < 1.29 is 19.4 Å². The quantitative estimate of drug-likeness (QED) is 0.902. The third-order valence-electron chi connectivity index (χ3n) is 3.72. The number of hydrogen-bond donors (Lipinski definition) is 1. The van der Waals surface area contributed by atoms with Crippen LogP contribution < -0.4 is 14.4 Å². The summed E-state index contributed by atoms with van der Waals surface area (Å²) in [6.45, 7) is 3.03. The number of rotatable bonds is 4. The SMILES string of the molecule is COc1ccc(N2CCC(C)(C(=O)O)C2)cc1OC. The fourth-order valence-corrected chi connectivity index (χ4v) is 2.38.